The highest BCUT2D eigenvalue weighted by Gasteiger charge is 2.14. The van der Waals surface area contributed by atoms with Crippen LogP contribution in [-0.4, -0.2) is 30.7 Å². The van der Waals surface area contributed by atoms with Gasteiger partial charge in [-0.05, 0) is 41.8 Å². The molecule has 0 aliphatic rings. The van der Waals surface area contributed by atoms with Crippen LogP contribution in [0.25, 0.3) is 10.8 Å². The first-order chi connectivity index (χ1) is 13.0. The summed E-state index contributed by atoms with van der Waals surface area (Å²) in [5.41, 5.74) is 0.283. The molecule has 138 valence electrons. The molecule has 0 spiro atoms. The molecule has 3 aromatic rings. The van der Waals surface area contributed by atoms with E-state index in [1.165, 1.54) is 11.7 Å². The standard InChI is InChI=1S/C20H18N2O5/c1-26-14-7-8-15-13(11-14)9-10-22(19(15)24)12-18(23)21-17-6-4-3-5-16(17)20(25)27-2/h3-11H,12H2,1-2H3,(H,21,23). The van der Waals surface area contributed by atoms with E-state index in [9.17, 15) is 14.4 Å². The minimum atomic E-state index is -0.553. The number of nitrogens with one attached hydrogen (secondary N) is 1. The second kappa shape index (κ2) is 7.74. The highest BCUT2D eigenvalue weighted by atomic mass is 16.5. The number of anilines is 1. The zero-order valence-corrected chi connectivity index (χ0v) is 14.9. The monoisotopic (exact) mass is 366 g/mol. The minimum Gasteiger partial charge on any atom is -0.497 e. The first-order valence-electron chi connectivity index (χ1n) is 8.18. The molecule has 0 radical (unpaired) electrons. The van der Waals surface area contributed by atoms with Crippen molar-refractivity contribution < 1.29 is 19.1 Å². The van der Waals surface area contributed by atoms with E-state index in [1.54, 1.807) is 61.8 Å². The number of hydrogen-bond acceptors (Lipinski definition) is 5. The topological polar surface area (TPSA) is 86.6 Å². The van der Waals surface area contributed by atoms with E-state index in [-0.39, 0.29) is 17.7 Å². The molecule has 27 heavy (non-hydrogen) atoms. The largest absolute Gasteiger partial charge is 0.497 e. The van der Waals surface area contributed by atoms with E-state index in [4.69, 9.17) is 9.47 Å². The van der Waals surface area contributed by atoms with Crippen LogP contribution in [0.4, 0.5) is 5.69 Å². The number of hydrogen-bond donors (Lipinski definition) is 1. The number of nitrogens with zero attached hydrogens (tertiary/aromatic N) is 1. The van der Waals surface area contributed by atoms with Crippen molar-refractivity contribution in [3.8, 4) is 5.75 Å². The van der Waals surface area contributed by atoms with Gasteiger partial charge in [0.05, 0.1) is 25.5 Å². The summed E-state index contributed by atoms with van der Waals surface area (Å²) in [5, 5.41) is 3.86. The molecule has 1 N–H and O–H groups in total. The van der Waals surface area contributed by atoms with Gasteiger partial charge in [-0.25, -0.2) is 4.79 Å². The van der Waals surface area contributed by atoms with Gasteiger partial charge in [0.1, 0.15) is 12.3 Å². The molecule has 0 atom stereocenters. The quantitative estimate of drug-likeness (QED) is 0.701. The molecule has 0 aliphatic carbocycles. The van der Waals surface area contributed by atoms with Crippen LogP contribution in [-0.2, 0) is 16.1 Å². The lowest BCUT2D eigenvalue weighted by atomic mass is 10.1. The van der Waals surface area contributed by atoms with Crippen molar-refractivity contribution in [3.63, 3.8) is 0 Å². The molecule has 0 saturated carbocycles. The normalized spacial score (nSPS) is 10.4. The zero-order valence-electron chi connectivity index (χ0n) is 14.9. The maximum Gasteiger partial charge on any atom is 0.339 e. The SMILES string of the molecule is COC(=O)c1ccccc1NC(=O)Cn1ccc2cc(OC)ccc2c1=O. The Labute approximate surface area is 155 Å². The molecule has 3 rings (SSSR count). The van der Waals surface area contributed by atoms with Gasteiger partial charge in [0.15, 0.2) is 0 Å². The Hall–Kier alpha value is -3.61. The number of fused-ring (bicyclic) bond motifs is 1. The van der Waals surface area contributed by atoms with Crippen LogP contribution in [0.1, 0.15) is 10.4 Å². The van der Waals surface area contributed by atoms with Crippen molar-refractivity contribution >= 4 is 28.3 Å². The van der Waals surface area contributed by atoms with E-state index >= 15 is 0 Å². The average Bonchev–Trinajstić information content (AvgIpc) is 2.69. The van der Waals surface area contributed by atoms with Crippen molar-refractivity contribution in [2.75, 3.05) is 19.5 Å². The van der Waals surface area contributed by atoms with Gasteiger partial charge >= 0.3 is 5.97 Å². The summed E-state index contributed by atoms with van der Waals surface area (Å²) in [7, 11) is 2.82. The van der Waals surface area contributed by atoms with Gasteiger partial charge in [-0.3, -0.25) is 9.59 Å². The molecule has 0 aliphatic heterocycles. The number of ether oxygens (including phenoxy) is 2. The van der Waals surface area contributed by atoms with Gasteiger partial charge in [-0.1, -0.05) is 12.1 Å². The second-order valence-electron chi connectivity index (χ2n) is 5.79. The fourth-order valence-corrected chi connectivity index (χ4v) is 2.74. The molecule has 2 aromatic carbocycles. The number of methoxy groups -OCH3 is 2. The third-order valence-corrected chi connectivity index (χ3v) is 4.10. The number of rotatable bonds is 5. The first-order valence-corrected chi connectivity index (χ1v) is 8.18. The van der Waals surface area contributed by atoms with Crippen LogP contribution in [0.15, 0.2) is 59.5 Å². The maximum atomic E-state index is 12.6. The van der Waals surface area contributed by atoms with Crippen molar-refractivity contribution in [3.05, 3.63) is 70.6 Å². The van der Waals surface area contributed by atoms with Crippen LogP contribution < -0.4 is 15.6 Å². The number of para-hydroxylation sites is 1. The average molecular weight is 366 g/mol. The molecule has 7 heteroatoms. The van der Waals surface area contributed by atoms with Gasteiger partial charge in [-0.15, -0.1) is 0 Å². The number of amides is 1. The van der Waals surface area contributed by atoms with Gasteiger partial charge in [0.2, 0.25) is 5.91 Å². The number of carbonyl (C=O) groups excluding carboxylic acids is 2. The van der Waals surface area contributed by atoms with E-state index in [1.807, 2.05) is 0 Å². The van der Waals surface area contributed by atoms with Crippen LogP contribution in [0.5, 0.6) is 5.75 Å². The Balaban J connectivity index is 1.84. The van der Waals surface area contributed by atoms with Gasteiger partial charge in [-0.2, -0.15) is 0 Å². The Morgan fingerprint density at radius 1 is 1.07 bits per heavy atom. The number of carbonyl (C=O) groups is 2. The third-order valence-electron chi connectivity index (χ3n) is 4.10. The van der Waals surface area contributed by atoms with Crippen LogP contribution in [0.3, 0.4) is 0 Å². The van der Waals surface area contributed by atoms with E-state index in [0.717, 1.165) is 5.39 Å². The Bertz CT molecular complexity index is 1070. The Kier molecular flexibility index (Phi) is 5.21. The van der Waals surface area contributed by atoms with Crippen LogP contribution >= 0.6 is 0 Å². The molecular formula is C20H18N2O5. The lowest BCUT2D eigenvalue weighted by molar-refractivity contribution is -0.116. The predicted octanol–water partition coefficient (Wildman–Crippen LogP) is 2.44. The lowest BCUT2D eigenvalue weighted by Crippen LogP contribution is -2.27. The van der Waals surface area contributed by atoms with E-state index < -0.39 is 11.9 Å². The van der Waals surface area contributed by atoms with E-state index in [0.29, 0.717) is 16.8 Å². The zero-order chi connectivity index (χ0) is 19.4. The van der Waals surface area contributed by atoms with Gasteiger partial charge < -0.3 is 19.4 Å². The third kappa shape index (κ3) is 3.82. The molecular weight excluding hydrogens is 348 g/mol. The lowest BCUT2D eigenvalue weighted by Gasteiger charge is -2.11. The summed E-state index contributed by atoms with van der Waals surface area (Å²) in [6.45, 7) is -0.184. The number of pyridine rings is 1. The number of esters is 1. The first kappa shape index (κ1) is 18.2. The van der Waals surface area contributed by atoms with Crippen molar-refractivity contribution in [2.45, 2.75) is 6.54 Å². The van der Waals surface area contributed by atoms with Crippen LogP contribution in [0.2, 0.25) is 0 Å². The highest BCUT2D eigenvalue weighted by molar-refractivity contribution is 6.01. The minimum absolute atomic E-state index is 0.184. The molecule has 1 heterocycles. The molecule has 0 bridgehead atoms. The summed E-state index contributed by atoms with van der Waals surface area (Å²) >= 11 is 0. The van der Waals surface area contributed by atoms with Crippen LogP contribution in [0, 0.1) is 0 Å². The summed E-state index contributed by atoms with van der Waals surface area (Å²) in [4.78, 5) is 36.8. The fraction of sp³-hybridized carbons (Fsp3) is 0.150. The molecule has 0 unspecified atom stereocenters. The Morgan fingerprint density at radius 2 is 1.85 bits per heavy atom. The fourth-order valence-electron chi connectivity index (χ4n) is 2.74. The molecule has 1 aromatic heterocycles. The highest BCUT2D eigenvalue weighted by Crippen LogP contribution is 2.18. The van der Waals surface area contributed by atoms with Crippen molar-refractivity contribution in [2.24, 2.45) is 0 Å². The van der Waals surface area contributed by atoms with Gasteiger partial charge in [0.25, 0.3) is 5.56 Å². The number of aromatic nitrogens is 1. The van der Waals surface area contributed by atoms with E-state index in [2.05, 4.69) is 5.32 Å². The summed E-state index contributed by atoms with van der Waals surface area (Å²) in [6, 6.07) is 13.4. The smallest absolute Gasteiger partial charge is 0.339 e. The molecule has 0 saturated heterocycles. The predicted molar refractivity (Wildman–Crippen MR) is 101 cm³/mol. The summed E-state index contributed by atoms with van der Waals surface area (Å²) in [6.07, 6.45) is 1.55. The molecule has 7 nitrogen and oxygen atoms in total. The Morgan fingerprint density at radius 3 is 2.59 bits per heavy atom. The number of benzene rings is 2. The van der Waals surface area contributed by atoms with Crippen molar-refractivity contribution in [1.82, 2.24) is 4.57 Å². The second-order valence-corrected chi connectivity index (χ2v) is 5.79. The molecule has 0 fully saturated rings. The molecule has 1 amide bonds. The summed E-state index contributed by atoms with van der Waals surface area (Å²) < 4.78 is 11.2. The maximum absolute atomic E-state index is 12.6. The van der Waals surface area contributed by atoms with Gasteiger partial charge in [0, 0.05) is 11.6 Å². The van der Waals surface area contributed by atoms with Crippen molar-refractivity contribution in [1.29, 1.82) is 0 Å². The summed E-state index contributed by atoms with van der Waals surface area (Å²) in [5.74, 6) is -0.333.